The van der Waals surface area contributed by atoms with E-state index in [-0.39, 0.29) is 24.7 Å². The van der Waals surface area contributed by atoms with Crippen molar-refractivity contribution in [3.8, 4) is 0 Å². The molecule has 1 saturated carbocycles. The van der Waals surface area contributed by atoms with Crippen LogP contribution in [0.2, 0.25) is 0 Å². The van der Waals surface area contributed by atoms with Crippen molar-refractivity contribution in [3.05, 3.63) is 0 Å². The molecule has 1 aliphatic heterocycles. The second kappa shape index (κ2) is 5.80. The fourth-order valence-electron chi connectivity index (χ4n) is 2.88. The Hall–Kier alpha value is -0.650. The summed E-state index contributed by atoms with van der Waals surface area (Å²) >= 11 is 0. The fourth-order valence-corrected chi connectivity index (χ4v) is 2.88. The molecule has 2 aliphatic rings. The van der Waals surface area contributed by atoms with E-state index in [2.05, 4.69) is 4.90 Å². The van der Waals surface area contributed by atoms with Crippen LogP contribution < -0.4 is 0 Å². The number of carboxylic acid groups (broad SMARTS) is 1. The molecule has 3 unspecified atom stereocenters. The number of nitrogens with zero attached hydrogens (tertiary/aromatic N) is 1. The third kappa shape index (κ3) is 3.40. The van der Waals surface area contributed by atoms with Crippen molar-refractivity contribution in [3.63, 3.8) is 0 Å². The first-order chi connectivity index (χ1) is 8.16. The molecule has 0 spiro atoms. The molecule has 0 bridgehead atoms. The first-order valence-corrected chi connectivity index (χ1v) is 6.42. The van der Waals surface area contributed by atoms with Crippen molar-refractivity contribution in [2.45, 2.75) is 50.4 Å². The zero-order valence-corrected chi connectivity index (χ0v) is 10.0. The minimum Gasteiger partial charge on any atom is -0.481 e. The zero-order chi connectivity index (χ0) is 12.3. The predicted octanol–water partition coefficient (Wildman–Crippen LogP) is 0.465. The van der Waals surface area contributed by atoms with E-state index >= 15 is 0 Å². The first-order valence-electron chi connectivity index (χ1n) is 6.42. The predicted molar refractivity (Wildman–Crippen MR) is 61.8 cm³/mol. The Morgan fingerprint density at radius 3 is 2.82 bits per heavy atom. The van der Waals surface area contributed by atoms with Crippen LogP contribution in [0.5, 0.6) is 0 Å². The molecule has 3 atom stereocenters. The Labute approximate surface area is 101 Å². The van der Waals surface area contributed by atoms with E-state index in [0.29, 0.717) is 13.2 Å². The van der Waals surface area contributed by atoms with E-state index < -0.39 is 5.97 Å². The summed E-state index contributed by atoms with van der Waals surface area (Å²) in [7, 11) is 0. The Balaban J connectivity index is 1.89. The average Bonchev–Trinajstić information content (AvgIpc) is 2.29. The number of carbonyl (C=O) groups is 1. The lowest BCUT2D eigenvalue weighted by Gasteiger charge is -2.41. The number of hydrogen-bond donors (Lipinski definition) is 2. The van der Waals surface area contributed by atoms with Crippen molar-refractivity contribution in [1.82, 2.24) is 4.90 Å². The molecule has 17 heavy (non-hydrogen) atoms. The maximum atomic E-state index is 10.7. The number of morpholine rings is 1. The van der Waals surface area contributed by atoms with E-state index in [1.54, 1.807) is 0 Å². The van der Waals surface area contributed by atoms with Crippen LogP contribution in [0.3, 0.4) is 0 Å². The number of aliphatic hydroxyl groups excluding tert-OH is 1. The van der Waals surface area contributed by atoms with E-state index in [4.69, 9.17) is 9.84 Å². The van der Waals surface area contributed by atoms with Crippen LogP contribution >= 0.6 is 0 Å². The molecule has 1 heterocycles. The van der Waals surface area contributed by atoms with Crippen LogP contribution in [0, 0.1) is 0 Å². The summed E-state index contributed by atoms with van der Waals surface area (Å²) in [6, 6.07) is 0.198. The number of aliphatic hydroxyl groups is 1. The highest BCUT2D eigenvalue weighted by Gasteiger charge is 2.32. The third-order valence-electron chi connectivity index (χ3n) is 3.74. The Morgan fingerprint density at radius 2 is 2.12 bits per heavy atom. The van der Waals surface area contributed by atoms with Gasteiger partial charge in [-0.25, -0.2) is 0 Å². The molecule has 1 saturated heterocycles. The topological polar surface area (TPSA) is 70.0 Å². The highest BCUT2D eigenvalue weighted by Crippen LogP contribution is 2.25. The Kier molecular flexibility index (Phi) is 4.36. The molecule has 0 aromatic heterocycles. The van der Waals surface area contributed by atoms with Crippen molar-refractivity contribution >= 4 is 5.97 Å². The molecular weight excluding hydrogens is 222 g/mol. The molecule has 0 amide bonds. The largest absolute Gasteiger partial charge is 0.481 e. The summed E-state index contributed by atoms with van der Waals surface area (Å²) < 4.78 is 5.44. The summed E-state index contributed by atoms with van der Waals surface area (Å²) in [5, 5.41) is 18.8. The van der Waals surface area contributed by atoms with Crippen LogP contribution in [0.1, 0.15) is 32.1 Å². The van der Waals surface area contributed by atoms with Gasteiger partial charge in [-0.05, 0) is 12.8 Å². The zero-order valence-electron chi connectivity index (χ0n) is 10.0. The van der Waals surface area contributed by atoms with Gasteiger partial charge in [-0.2, -0.15) is 0 Å². The van der Waals surface area contributed by atoms with Gasteiger partial charge in [0.1, 0.15) is 0 Å². The monoisotopic (exact) mass is 243 g/mol. The second-order valence-corrected chi connectivity index (χ2v) is 5.00. The molecule has 5 nitrogen and oxygen atoms in total. The van der Waals surface area contributed by atoms with Gasteiger partial charge in [0.05, 0.1) is 25.2 Å². The van der Waals surface area contributed by atoms with Gasteiger partial charge in [0.2, 0.25) is 0 Å². The lowest BCUT2D eigenvalue weighted by Crippen LogP contribution is -2.53. The maximum absolute atomic E-state index is 10.7. The summed E-state index contributed by atoms with van der Waals surface area (Å²) in [6.07, 6.45) is 3.71. The second-order valence-electron chi connectivity index (χ2n) is 5.00. The van der Waals surface area contributed by atoms with E-state index in [1.165, 1.54) is 0 Å². The Bertz CT molecular complexity index is 271. The number of aliphatic carboxylic acids is 1. The van der Waals surface area contributed by atoms with Gasteiger partial charge in [0, 0.05) is 19.1 Å². The number of hydrogen-bond acceptors (Lipinski definition) is 4. The number of carboxylic acids is 1. The number of rotatable bonds is 3. The van der Waals surface area contributed by atoms with E-state index in [9.17, 15) is 9.90 Å². The van der Waals surface area contributed by atoms with Gasteiger partial charge < -0.3 is 14.9 Å². The lowest BCUT2D eigenvalue weighted by molar-refractivity contribution is -0.143. The summed E-state index contributed by atoms with van der Waals surface area (Å²) in [4.78, 5) is 12.9. The van der Waals surface area contributed by atoms with Crippen molar-refractivity contribution < 1.29 is 19.7 Å². The van der Waals surface area contributed by atoms with Gasteiger partial charge in [0.25, 0.3) is 0 Å². The summed E-state index contributed by atoms with van der Waals surface area (Å²) in [6.45, 7) is 2.01. The van der Waals surface area contributed by atoms with E-state index in [1.807, 2.05) is 0 Å². The van der Waals surface area contributed by atoms with Crippen molar-refractivity contribution in [2.24, 2.45) is 0 Å². The molecule has 2 N–H and O–H groups in total. The summed E-state index contributed by atoms with van der Waals surface area (Å²) in [5.74, 6) is -0.818. The van der Waals surface area contributed by atoms with Crippen LogP contribution in [-0.4, -0.2) is 59.0 Å². The van der Waals surface area contributed by atoms with Crippen molar-refractivity contribution in [2.75, 3.05) is 19.7 Å². The Morgan fingerprint density at radius 1 is 1.35 bits per heavy atom. The molecule has 0 aromatic carbocycles. The summed E-state index contributed by atoms with van der Waals surface area (Å²) in [5.41, 5.74) is 0. The molecule has 2 rings (SSSR count). The molecule has 98 valence electrons. The van der Waals surface area contributed by atoms with Gasteiger partial charge in [-0.1, -0.05) is 12.8 Å². The van der Waals surface area contributed by atoms with Crippen LogP contribution in [-0.2, 0) is 9.53 Å². The van der Waals surface area contributed by atoms with Gasteiger partial charge in [-0.15, -0.1) is 0 Å². The lowest BCUT2D eigenvalue weighted by atomic mass is 9.91. The van der Waals surface area contributed by atoms with Crippen LogP contribution in [0.15, 0.2) is 0 Å². The molecule has 0 radical (unpaired) electrons. The fraction of sp³-hybridized carbons (Fsp3) is 0.917. The van der Waals surface area contributed by atoms with Gasteiger partial charge in [-0.3, -0.25) is 9.69 Å². The minimum absolute atomic E-state index is 0.0549. The average molecular weight is 243 g/mol. The first kappa shape index (κ1) is 12.8. The van der Waals surface area contributed by atoms with Crippen LogP contribution in [0.4, 0.5) is 0 Å². The maximum Gasteiger partial charge on any atom is 0.306 e. The molecular formula is C12H21NO4. The van der Waals surface area contributed by atoms with Gasteiger partial charge >= 0.3 is 5.97 Å². The normalized spacial score (nSPS) is 35.7. The molecule has 2 fully saturated rings. The molecule has 5 heteroatoms. The standard InChI is InChI=1S/C12H21NO4/c14-11-4-2-1-3-10(11)13-5-6-17-9(8-13)7-12(15)16/h9-11,14H,1-8H2,(H,15,16). The SMILES string of the molecule is O=C(O)CC1CN(C2CCCCC2O)CCO1. The van der Waals surface area contributed by atoms with Gasteiger partial charge in [0.15, 0.2) is 0 Å². The smallest absolute Gasteiger partial charge is 0.306 e. The van der Waals surface area contributed by atoms with Crippen LogP contribution in [0.25, 0.3) is 0 Å². The highest BCUT2D eigenvalue weighted by atomic mass is 16.5. The van der Waals surface area contributed by atoms with Crippen molar-refractivity contribution in [1.29, 1.82) is 0 Å². The van der Waals surface area contributed by atoms with E-state index in [0.717, 1.165) is 32.2 Å². The third-order valence-corrected chi connectivity index (χ3v) is 3.74. The number of ether oxygens (including phenoxy) is 1. The highest BCUT2D eigenvalue weighted by molar-refractivity contribution is 5.67. The minimum atomic E-state index is -0.818. The quantitative estimate of drug-likeness (QED) is 0.754. The molecule has 0 aromatic rings. The molecule has 1 aliphatic carbocycles.